The molecule has 2 aromatic rings. The summed E-state index contributed by atoms with van der Waals surface area (Å²) in [5, 5.41) is 9.53. The van der Waals surface area contributed by atoms with Crippen molar-refractivity contribution in [2.45, 2.75) is 6.61 Å². The standard InChI is InChI=1S/C11H9ClN2O/c12-11-10(13-5-6-14-11)9-4-2-1-3-8(9)7-15/h1-6,15H,7H2. The molecule has 0 unspecified atom stereocenters. The van der Waals surface area contributed by atoms with E-state index in [4.69, 9.17) is 11.6 Å². The molecule has 0 aliphatic carbocycles. The van der Waals surface area contributed by atoms with Crippen LogP contribution < -0.4 is 0 Å². The molecule has 0 saturated heterocycles. The summed E-state index contributed by atoms with van der Waals surface area (Å²) in [5.41, 5.74) is 2.21. The Morgan fingerprint density at radius 3 is 2.60 bits per heavy atom. The van der Waals surface area contributed by atoms with Crippen molar-refractivity contribution in [1.82, 2.24) is 9.97 Å². The third-order valence-corrected chi connectivity index (χ3v) is 2.37. The van der Waals surface area contributed by atoms with E-state index in [1.54, 1.807) is 6.20 Å². The summed E-state index contributed by atoms with van der Waals surface area (Å²) in [5.74, 6) is 0. The fourth-order valence-electron chi connectivity index (χ4n) is 1.39. The summed E-state index contributed by atoms with van der Waals surface area (Å²) in [6, 6.07) is 7.43. The van der Waals surface area contributed by atoms with Crippen LogP contribution >= 0.6 is 11.6 Å². The molecule has 1 heterocycles. The highest BCUT2D eigenvalue weighted by molar-refractivity contribution is 6.31. The molecule has 1 N–H and O–H groups in total. The summed E-state index contributed by atoms with van der Waals surface area (Å²) in [4.78, 5) is 8.10. The predicted molar refractivity (Wildman–Crippen MR) is 58.4 cm³/mol. The van der Waals surface area contributed by atoms with Crippen LogP contribution in [-0.4, -0.2) is 15.1 Å². The van der Waals surface area contributed by atoms with Crippen molar-refractivity contribution in [1.29, 1.82) is 0 Å². The zero-order valence-corrected chi connectivity index (χ0v) is 8.65. The maximum Gasteiger partial charge on any atom is 0.155 e. The minimum absolute atomic E-state index is 0.0386. The molecule has 2 rings (SSSR count). The second kappa shape index (κ2) is 4.38. The lowest BCUT2D eigenvalue weighted by Gasteiger charge is -2.06. The first-order chi connectivity index (χ1) is 7.33. The molecule has 1 aromatic carbocycles. The van der Waals surface area contributed by atoms with Gasteiger partial charge in [0.2, 0.25) is 0 Å². The molecule has 0 aliphatic heterocycles. The number of aliphatic hydroxyl groups is 1. The molecule has 0 fully saturated rings. The van der Waals surface area contributed by atoms with Crippen LogP contribution in [-0.2, 0) is 6.61 Å². The molecular formula is C11H9ClN2O. The molecule has 0 atom stereocenters. The lowest BCUT2D eigenvalue weighted by Crippen LogP contribution is -1.93. The van der Waals surface area contributed by atoms with Gasteiger partial charge in [-0.15, -0.1) is 0 Å². The fourth-order valence-corrected chi connectivity index (χ4v) is 1.60. The maximum absolute atomic E-state index is 9.18. The van der Waals surface area contributed by atoms with Crippen LogP contribution in [0.2, 0.25) is 5.15 Å². The van der Waals surface area contributed by atoms with Crippen LogP contribution in [0.15, 0.2) is 36.7 Å². The van der Waals surface area contributed by atoms with E-state index in [2.05, 4.69) is 9.97 Å². The van der Waals surface area contributed by atoms with E-state index in [9.17, 15) is 5.11 Å². The first-order valence-electron chi connectivity index (χ1n) is 4.48. The molecule has 0 aliphatic rings. The van der Waals surface area contributed by atoms with Gasteiger partial charge in [0.25, 0.3) is 0 Å². The summed E-state index contributed by atoms with van der Waals surface area (Å²) in [7, 11) is 0. The molecule has 1 aromatic heterocycles. The van der Waals surface area contributed by atoms with Crippen LogP contribution in [0.1, 0.15) is 5.56 Å². The lowest BCUT2D eigenvalue weighted by molar-refractivity contribution is 0.282. The van der Waals surface area contributed by atoms with Crippen molar-refractivity contribution in [2.75, 3.05) is 0 Å². The van der Waals surface area contributed by atoms with Crippen molar-refractivity contribution < 1.29 is 5.11 Å². The molecule has 0 spiro atoms. The second-order valence-electron chi connectivity index (χ2n) is 3.01. The molecule has 0 bridgehead atoms. The Bertz CT molecular complexity index is 474. The highest BCUT2D eigenvalue weighted by Gasteiger charge is 2.08. The first-order valence-corrected chi connectivity index (χ1v) is 4.86. The fraction of sp³-hybridized carbons (Fsp3) is 0.0909. The van der Waals surface area contributed by atoms with Gasteiger partial charge in [0.1, 0.15) is 5.69 Å². The van der Waals surface area contributed by atoms with Crippen LogP contribution in [0.4, 0.5) is 0 Å². The van der Waals surface area contributed by atoms with E-state index >= 15 is 0 Å². The Morgan fingerprint density at radius 1 is 1.13 bits per heavy atom. The van der Waals surface area contributed by atoms with Gasteiger partial charge >= 0.3 is 0 Å². The summed E-state index contributed by atoms with van der Waals surface area (Å²) in [6.07, 6.45) is 3.11. The van der Waals surface area contributed by atoms with E-state index in [0.29, 0.717) is 10.8 Å². The van der Waals surface area contributed by atoms with E-state index in [0.717, 1.165) is 11.1 Å². The number of aromatic nitrogens is 2. The summed E-state index contributed by atoms with van der Waals surface area (Å²) in [6.45, 7) is -0.0386. The lowest BCUT2D eigenvalue weighted by atomic mass is 10.1. The van der Waals surface area contributed by atoms with Gasteiger partial charge in [-0.25, -0.2) is 4.98 Å². The van der Waals surface area contributed by atoms with Crippen LogP contribution in [0.3, 0.4) is 0 Å². The van der Waals surface area contributed by atoms with Gasteiger partial charge in [-0.1, -0.05) is 35.9 Å². The van der Waals surface area contributed by atoms with Crippen molar-refractivity contribution in [2.24, 2.45) is 0 Å². The van der Waals surface area contributed by atoms with Gasteiger partial charge in [-0.3, -0.25) is 4.98 Å². The van der Waals surface area contributed by atoms with Crippen molar-refractivity contribution >= 4 is 11.6 Å². The molecule has 4 heteroatoms. The average Bonchev–Trinajstić information content (AvgIpc) is 2.30. The molecule has 3 nitrogen and oxygen atoms in total. The smallest absolute Gasteiger partial charge is 0.155 e. The van der Waals surface area contributed by atoms with Gasteiger partial charge in [0.15, 0.2) is 5.15 Å². The Labute approximate surface area is 92.4 Å². The molecule has 76 valence electrons. The van der Waals surface area contributed by atoms with E-state index < -0.39 is 0 Å². The zero-order valence-electron chi connectivity index (χ0n) is 7.89. The molecule has 15 heavy (non-hydrogen) atoms. The number of rotatable bonds is 2. The normalized spacial score (nSPS) is 10.3. The van der Waals surface area contributed by atoms with Crippen LogP contribution in [0.5, 0.6) is 0 Å². The minimum atomic E-state index is -0.0386. The van der Waals surface area contributed by atoms with Gasteiger partial charge in [-0.2, -0.15) is 0 Å². The topological polar surface area (TPSA) is 46.0 Å². The molecule has 0 radical (unpaired) electrons. The Hall–Kier alpha value is -1.45. The van der Waals surface area contributed by atoms with Crippen molar-refractivity contribution in [3.05, 3.63) is 47.4 Å². The minimum Gasteiger partial charge on any atom is -0.392 e. The third kappa shape index (κ3) is 1.98. The quantitative estimate of drug-likeness (QED) is 0.845. The Kier molecular flexibility index (Phi) is 2.94. The number of nitrogens with zero attached hydrogens (tertiary/aromatic N) is 2. The molecule has 0 amide bonds. The summed E-state index contributed by atoms with van der Waals surface area (Å²) >= 11 is 5.93. The van der Waals surface area contributed by atoms with Crippen LogP contribution in [0.25, 0.3) is 11.3 Å². The second-order valence-corrected chi connectivity index (χ2v) is 3.37. The van der Waals surface area contributed by atoms with Crippen LogP contribution in [0, 0.1) is 0 Å². The largest absolute Gasteiger partial charge is 0.392 e. The van der Waals surface area contributed by atoms with Gasteiger partial charge in [0, 0.05) is 18.0 Å². The van der Waals surface area contributed by atoms with Crippen molar-refractivity contribution in [3.8, 4) is 11.3 Å². The van der Waals surface area contributed by atoms with E-state index in [1.165, 1.54) is 6.20 Å². The first kappa shape index (κ1) is 10.1. The van der Waals surface area contributed by atoms with Gasteiger partial charge in [0.05, 0.1) is 6.61 Å². The number of hydrogen-bond donors (Lipinski definition) is 1. The number of halogens is 1. The monoisotopic (exact) mass is 220 g/mol. The Balaban J connectivity index is 2.59. The molecule has 0 saturated carbocycles. The van der Waals surface area contributed by atoms with Gasteiger partial charge in [-0.05, 0) is 5.56 Å². The zero-order chi connectivity index (χ0) is 10.7. The number of hydrogen-bond acceptors (Lipinski definition) is 3. The third-order valence-electron chi connectivity index (χ3n) is 2.10. The number of benzene rings is 1. The highest BCUT2D eigenvalue weighted by Crippen LogP contribution is 2.26. The van der Waals surface area contributed by atoms with Gasteiger partial charge < -0.3 is 5.11 Å². The summed E-state index contributed by atoms with van der Waals surface area (Å²) < 4.78 is 0. The Morgan fingerprint density at radius 2 is 1.87 bits per heavy atom. The predicted octanol–water partition coefficient (Wildman–Crippen LogP) is 2.29. The van der Waals surface area contributed by atoms with E-state index in [1.807, 2.05) is 24.3 Å². The van der Waals surface area contributed by atoms with Crippen molar-refractivity contribution in [3.63, 3.8) is 0 Å². The maximum atomic E-state index is 9.18. The molecular weight excluding hydrogens is 212 g/mol. The van der Waals surface area contributed by atoms with E-state index in [-0.39, 0.29) is 6.61 Å². The SMILES string of the molecule is OCc1ccccc1-c1nccnc1Cl. The average molecular weight is 221 g/mol. The number of aliphatic hydroxyl groups excluding tert-OH is 1. The highest BCUT2D eigenvalue weighted by atomic mass is 35.5.